The number of aromatic nitrogens is 1. The molecule has 0 aliphatic carbocycles. The van der Waals surface area contributed by atoms with Gasteiger partial charge >= 0.3 is 0 Å². The number of nitrogens with one attached hydrogen (secondary N) is 2. The predicted molar refractivity (Wildman–Crippen MR) is 105 cm³/mol. The van der Waals surface area contributed by atoms with Crippen LogP contribution in [0.5, 0.6) is 0 Å². The van der Waals surface area contributed by atoms with Crippen molar-refractivity contribution in [2.75, 3.05) is 0 Å². The van der Waals surface area contributed by atoms with Crippen LogP contribution in [-0.4, -0.2) is 22.0 Å². The van der Waals surface area contributed by atoms with E-state index in [1.165, 1.54) is 22.9 Å². The van der Waals surface area contributed by atoms with E-state index in [9.17, 15) is 9.59 Å². The van der Waals surface area contributed by atoms with E-state index in [0.717, 1.165) is 21.7 Å². The van der Waals surface area contributed by atoms with E-state index < -0.39 is 11.8 Å². The zero-order valence-electron chi connectivity index (χ0n) is 14.7. The first kappa shape index (κ1) is 19.4. The lowest BCUT2D eigenvalue weighted by Crippen LogP contribution is -2.23. The Labute approximate surface area is 165 Å². The maximum Gasteiger partial charge on any atom is 0.294 e. The van der Waals surface area contributed by atoms with Gasteiger partial charge in [-0.05, 0) is 17.2 Å². The van der Waals surface area contributed by atoms with Crippen molar-refractivity contribution in [3.8, 4) is 10.6 Å². The van der Waals surface area contributed by atoms with E-state index in [0.29, 0.717) is 5.69 Å². The average molecular weight is 395 g/mol. The number of thiazole rings is 1. The molecule has 1 heterocycles. The molecule has 2 aromatic carbocycles. The third kappa shape index (κ3) is 5.34. The molecule has 142 valence electrons. The van der Waals surface area contributed by atoms with Gasteiger partial charge in [0, 0.05) is 17.0 Å². The second-order valence-electron chi connectivity index (χ2n) is 5.67. The highest BCUT2D eigenvalue weighted by Crippen LogP contribution is 2.23. The lowest BCUT2D eigenvalue weighted by Gasteiger charge is -2.05. The maximum atomic E-state index is 12.2. The molecule has 0 radical (unpaired) electrons. The van der Waals surface area contributed by atoms with Crippen molar-refractivity contribution in [1.29, 1.82) is 0 Å². The molecule has 8 heteroatoms. The van der Waals surface area contributed by atoms with Crippen LogP contribution in [0.2, 0.25) is 0 Å². The van der Waals surface area contributed by atoms with Crippen LogP contribution in [0.15, 0.2) is 66.1 Å². The molecule has 0 aliphatic rings. The number of rotatable bonds is 7. The van der Waals surface area contributed by atoms with E-state index in [-0.39, 0.29) is 6.61 Å². The minimum absolute atomic E-state index is 0.183. The maximum absolute atomic E-state index is 12.2. The number of hydrogen-bond acceptors (Lipinski definition) is 6. The minimum Gasteiger partial charge on any atom is -0.288 e. The molecular formula is C20H17N3O4S. The van der Waals surface area contributed by atoms with Crippen molar-refractivity contribution in [3.05, 3.63) is 82.9 Å². The number of hydrogen-bond donors (Lipinski definition) is 3. The van der Waals surface area contributed by atoms with E-state index in [1.807, 2.05) is 30.3 Å². The molecule has 0 unspecified atom stereocenters. The van der Waals surface area contributed by atoms with Gasteiger partial charge in [-0.25, -0.2) is 15.9 Å². The lowest BCUT2D eigenvalue weighted by atomic mass is 10.1. The molecule has 2 amide bonds. The first-order valence-electron chi connectivity index (χ1n) is 8.30. The number of hydroxylamine groups is 2. The summed E-state index contributed by atoms with van der Waals surface area (Å²) in [6, 6.07) is 16.8. The summed E-state index contributed by atoms with van der Waals surface area (Å²) >= 11 is 1.39. The zero-order valence-corrected chi connectivity index (χ0v) is 15.5. The molecular weight excluding hydrogens is 378 g/mol. The van der Waals surface area contributed by atoms with Gasteiger partial charge in [-0.3, -0.25) is 19.6 Å². The molecule has 0 saturated heterocycles. The van der Waals surface area contributed by atoms with Crippen molar-refractivity contribution in [2.45, 2.75) is 6.61 Å². The summed E-state index contributed by atoms with van der Waals surface area (Å²) in [7, 11) is 0. The van der Waals surface area contributed by atoms with E-state index in [2.05, 4.69) is 10.5 Å². The summed E-state index contributed by atoms with van der Waals surface area (Å²) in [5, 5.41) is 10.9. The predicted octanol–water partition coefficient (Wildman–Crippen LogP) is 3.19. The van der Waals surface area contributed by atoms with Crippen molar-refractivity contribution in [1.82, 2.24) is 15.9 Å². The molecule has 0 bridgehead atoms. The fraction of sp³-hybridized carbons (Fsp3) is 0.0500. The molecule has 0 atom stereocenters. The van der Waals surface area contributed by atoms with Crippen molar-refractivity contribution >= 4 is 29.2 Å². The van der Waals surface area contributed by atoms with Crippen LogP contribution in [0.1, 0.15) is 21.6 Å². The SMILES string of the molecule is O=C(/C=C/c1ccc(CONC(=O)c2csc(-c3ccccc3)n2)cc1)NO. The fourth-order valence-electron chi connectivity index (χ4n) is 2.26. The Morgan fingerprint density at radius 1 is 1.11 bits per heavy atom. The molecule has 0 fully saturated rings. The quantitative estimate of drug-likeness (QED) is 0.324. The number of amides is 2. The van der Waals surface area contributed by atoms with E-state index in [1.54, 1.807) is 35.7 Å². The standard InChI is InChI=1S/C20H17N3O4S/c24-18(22-26)11-10-14-6-8-15(9-7-14)12-27-23-19(25)17-13-28-20(21-17)16-4-2-1-3-5-16/h1-11,13,26H,12H2,(H,22,24)(H,23,25)/b11-10+. The molecule has 3 N–H and O–H groups in total. The average Bonchev–Trinajstić information content (AvgIpc) is 3.24. The van der Waals surface area contributed by atoms with Crippen LogP contribution >= 0.6 is 11.3 Å². The van der Waals surface area contributed by atoms with Gasteiger partial charge in [-0.1, -0.05) is 54.6 Å². The topological polar surface area (TPSA) is 101 Å². The number of carbonyl (C=O) groups is 2. The van der Waals surface area contributed by atoms with Gasteiger partial charge in [-0.2, -0.15) is 0 Å². The first-order valence-corrected chi connectivity index (χ1v) is 9.18. The Morgan fingerprint density at radius 2 is 1.86 bits per heavy atom. The third-order valence-electron chi connectivity index (χ3n) is 3.68. The number of carbonyl (C=O) groups excluding carboxylic acids is 2. The summed E-state index contributed by atoms with van der Waals surface area (Å²) in [5.74, 6) is -1.01. The highest BCUT2D eigenvalue weighted by atomic mass is 32.1. The summed E-state index contributed by atoms with van der Waals surface area (Å²) in [6.45, 7) is 0.183. The van der Waals surface area contributed by atoms with Crippen molar-refractivity contribution in [2.24, 2.45) is 0 Å². The van der Waals surface area contributed by atoms with E-state index >= 15 is 0 Å². The Kier molecular flexibility index (Phi) is 6.64. The summed E-state index contributed by atoms with van der Waals surface area (Å²) in [6.07, 6.45) is 2.77. The van der Waals surface area contributed by atoms with Gasteiger partial charge in [0.25, 0.3) is 11.8 Å². The Bertz CT molecular complexity index is 969. The Morgan fingerprint density at radius 3 is 2.57 bits per heavy atom. The first-order chi connectivity index (χ1) is 13.7. The molecule has 28 heavy (non-hydrogen) atoms. The minimum atomic E-state index is -0.604. The fourth-order valence-corrected chi connectivity index (χ4v) is 3.07. The monoisotopic (exact) mass is 395 g/mol. The summed E-state index contributed by atoms with van der Waals surface area (Å²) in [4.78, 5) is 32.7. The van der Waals surface area contributed by atoms with Crippen LogP contribution in [0.3, 0.4) is 0 Å². The second kappa shape index (κ2) is 9.56. The third-order valence-corrected chi connectivity index (χ3v) is 4.57. The van der Waals surface area contributed by atoms with Crippen LogP contribution in [0.25, 0.3) is 16.6 Å². The molecule has 0 saturated carbocycles. The smallest absolute Gasteiger partial charge is 0.288 e. The number of benzene rings is 2. The lowest BCUT2D eigenvalue weighted by molar-refractivity contribution is -0.124. The largest absolute Gasteiger partial charge is 0.294 e. The molecule has 7 nitrogen and oxygen atoms in total. The van der Waals surface area contributed by atoms with Gasteiger partial charge in [0.2, 0.25) is 0 Å². The van der Waals surface area contributed by atoms with Crippen molar-refractivity contribution < 1.29 is 19.6 Å². The molecule has 1 aromatic heterocycles. The Balaban J connectivity index is 1.50. The van der Waals surface area contributed by atoms with Crippen LogP contribution in [0, 0.1) is 0 Å². The highest BCUT2D eigenvalue weighted by Gasteiger charge is 2.11. The van der Waals surface area contributed by atoms with Gasteiger partial charge in [0.15, 0.2) is 0 Å². The number of nitrogens with zero attached hydrogens (tertiary/aromatic N) is 1. The van der Waals surface area contributed by atoms with Crippen LogP contribution < -0.4 is 11.0 Å². The summed E-state index contributed by atoms with van der Waals surface area (Å²) in [5.41, 5.74) is 6.78. The van der Waals surface area contributed by atoms with Crippen molar-refractivity contribution in [3.63, 3.8) is 0 Å². The molecule has 3 rings (SSSR count). The van der Waals surface area contributed by atoms with Gasteiger partial charge in [-0.15, -0.1) is 11.3 Å². The molecule has 0 aliphatic heterocycles. The summed E-state index contributed by atoms with van der Waals surface area (Å²) < 4.78 is 0. The molecule has 3 aromatic rings. The van der Waals surface area contributed by atoms with Crippen LogP contribution in [0.4, 0.5) is 0 Å². The molecule has 0 spiro atoms. The second-order valence-corrected chi connectivity index (χ2v) is 6.53. The van der Waals surface area contributed by atoms with Crippen LogP contribution in [-0.2, 0) is 16.2 Å². The normalized spacial score (nSPS) is 10.8. The Hall–Kier alpha value is -3.33. The van der Waals surface area contributed by atoms with Gasteiger partial charge < -0.3 is 0 Å². The highest BCUT2D eigenvalue weighted by molar-refractivity contribution is 7.13. The van der Waals surface area contributed by atoms with E-state index in [4.69, 9.17) is 10.0 Å². The van der Waals surface area contributed by atoms with Gasteiger partial charge in [0.05, 0.1) is 6.61 Å². The zero-order chi connectivity index (χ0) is 19.8. The van der Waals surface area contributed by atoms with Gasteiger partial charge in [0.1, 0.15) is 10.7 Å².